The molecule has 1 aliphatic heterocycles. The van der Waals surface area contributed by atoms with Crippen molar-refractivity contribution in [3.05, 3.63) is 17.8 Å². The Kier molecular flexibility index (Phi) is 6.06. The highest BCUT2D eigenvalue weighted by molar-refractivity contribution is 5.76. The lowest BCUT2D eigenvalue weighted by atomic mass is 10.0. The minimum atomic E-state index is -0.372. The van der Waals surface area contributed by atoms with Gasteiger partial charge in [-0.05, 0) is 19.3 Å². The molecular weight excluding hydrogens is 287 g/mol. The molecule has 0 spiro atoms. The van der Waals surface area contributed by atoms with E-state index in [9.17, 15) is 9.18 Å². The van der Waals surface area contributed by atoms with E-state index in [0.29, 0.717) is 38.2 Å². The van der Waals surface area contributed by atoms with Crippen LogP contribution in [-0.2, 0) is 16.0 Å². The largest absolute Gasteiger partial charge is 0.384 e. The third-order valence-electron chi connectivity index (χ3n) is 3.91. The van der Waals surface area contributed by atoms with Crippen molar-refractivity contribution in [2.24, 2.45) is 0 Å². The smallest absolute Gasteiger partial charge is 0.224 e. The number of ether oxygens (including phenoxy) is 1. The Morgan fingerprint density at radius 3 is 2.82 bits per heavy atom. The lowest BCUT2D eigenvalue weighted by Gasteiger charge is -2.32. The van der Waals surface area contributed by atoms with Gasteiger partial charge in [0.15, 0.2) is 11.6 Å². The summed E-state index contributed by atoms with van der Waals surface area (Å²) in [4.78, 5) is 21.6. The van der Waals surface area contributed by atoms with Crippen molar-refractivity contribution >= 4 is 11.7 Å². The molecule has 1 amide bonds. The van der Waals surface area contributed by atoms with Crippen molar-refractivity contribution in [2.45, 2.75) is 38.6 Å². The van der Waals surface area contributed by atoms with E-state index < -0.39 is 0 Å². The molecule has 1 aromatic heterocycles. The molecule has 6 nitrogen and oxygen atoms in total. The molecule has 22 heavy (non-hydrogen) atoms. The SMILES string of the molecule is CCc1ncnc(NC2CCN(C(=O)CCOC)CC2)c1F. The maximum atomic E-state index is 14.1. The van der Waals surface area contributed by atoms with E-state index in [2.05, 4.69) is 15.3 Å². The van der Waals surface area contributed by atoms with Crippen LogP contribution < -0.4 is 5.32 Å². The Morgan fingerprint density at radius 2 is 2.18 bits per heavy atom. The third kappa shape index (κ3) is 4.13. The van der Waals surface area contributed by atoms with Gasteiger partial charge in [-0.3, -0.25) is 4.79 Å². The number of carbonyl (C=O) groups is 1. The number of aryl methyl sites for hydroxylation is 1. The van der Waals surface area contributed by atoms with Gasteiger partial charge in [-0.2, -0.15) is 0 Å². The molecule has 2 rings (SSSR count). The first kappa shape index (κ1) is 16.6. The molecule has 1 aromatic rings. The summed E-state index contributed by atoms with van der Waals surface area (Å²) in [6.07, 6.45) is 3.89. The van der Waals surface area contributed by atoms with Crippen molar-refractivity contribution in [3.63, 3.8) is 0 Å². The molecule has 0 unspecified atom stereocenters. The van der Waals surface area contributed by atoms with Gasteiger partial charge in [0, 0.05) is 26.2 Å². The molecule has 1 aliphatic rings. The number of hydrogen-bond acceptors (Lipinski definition) is 5. The Labute approximate surface area is 130 Å². The van der Waals surface area contributed by atoms with E-state index in [0.717, 1.165) is 12.8 Å². The average Bonchev–Trinajstić information content (AvgIpc) is 2.55. The van der Waals surface area contributed by atoms with Gasteiger partial charge in [-0.1, -0.05) is 6.92 Å². The van der Waals surface area contributed by atoms with Crippen molar-refractivity contribution in [1.82, 2.24) is 14.9 Å². The number of carbonyl (C=O) groups excluding carboxylic acids is 1. The summed E-state index contributed by atoms with van der Waals surface area (Å²) in [6, 6.07) is 0.126. The first-order chi connectivity index (χ1) is 10.7. The summed E-state index contributed by atoms with van der Waals surface area (Å²) in [5.41, 5.74) is 0.421. The van der Waals surface area contributed by atoms with Crippen LogP contribution >= 0.6 is 0 Å². The Morgan fingerprint density at radius 1 is 1.45 bits per heavy atom. The van der Waals surface area contributed by atoms with Crippen molar-refractivity contribution in [3.8, 4) is 0 Å². The second-order valence-electron chi connectivity index (χ2n) is 5.38. The number of anilines is 1. The van der Waals surface area contributed by atoms with Crippen LogP contribution in [0.3, 0.4) is 0 Å². The molecule has 0 bridgehead atoms. The number of nitrogens with zero attached hydrogens (tertiary/aromatic N) is 3. The molecule has 0 atom stereocenters. The lowest BCUT2D eigenvalue weighted by molar-refractivity contribution is -0.133. The second kappa shape index (κ2) is 8.03. The van der Waals surface area contributed by atoms with E-state index in [1.165, 1.54) is 6.33 Å². The van der Waals surface area contributed by atoms with E-state index >= 15 is 0 Å². The topological polar surface area (TPSA) is 67.4 Å². The molecule has 122 valence electrons. The van der Waals surface area contributed by atoms with Gasteiger partial charge in [-0.25, -0.2) is 14.4 Å². The zero-order chi connectivity index (χ0) is 15.9. The molecule has 0 radical (unpaired) electrons. The number of nitrogens with one attached hydrogen (secondary N) is 1. The highest BCUT2D eigenvalue weighted by Gasteiger charge is 2.23. The van der Waals surface area contributed by atoms with Crippen LogP contribution in [0.25, 0.3) is 0 Å². The molecule has 0 aliphatic carbocycles. The second-order valence-corrected chi connectivity index (χ2v) is 5.38. The van der Waals surface area contributed by atoms with Crippen LogP contribution in [0.1, 0.15) is 31.9 Å². The van der Waals surface area contributed by atoms with E-state index in [-0.39, 0.29) is 23.6 Å². The highest BCUT2D eigenvalue weighted by Crippen LogP contribution is 2.19. The van der Waals surface area contributed by atoms with Crippen LogP contribution in [0.2, 0.25) is 0 Å². The maximum absolute atomic E-state index is 14.1. The van der Waals surface area contributed by atoms with Crippen molar-refractivity contribution in [1.29, 1.82) is 0 Å². The van der Waals surface area contributed by atoms with E-state index in [4.69, 9.17) is 4.74 Å². The normalized spacial score (nSPS) is 15.9. The van der Waals surface area contributed by atoms with Crippen molar-refractivity contribution in [2.75, 3.05) is 32.1 Å². The predicted octanol–water partition coefficient (Wildman–Crippen LogP) is 1.62. The number of rotatable bonds is 6. The summed E-state index contributed by atoms with van der Waals surface area (Å²) >= 11 is 0. The summed E-state index contributed by atoms with van der Waals surface area (Å²) in [6.45, 7) is 3.66. The Bertz CT molecular complexity index is 504. The predicted molar refractivity (Wildman–Crippen MR) is 81.1 cm³/mol. The number of piperidine rings is 1. The summed E-state index contributed by atoms with van der Waals surface area (Å²) in [5.74, 6) is 0.00129. The fraction of sp³-hybridized carbons (Fsp3) is 0.667. The zero-order valence-electron chi connectivity index (χ0n) is 13.1. The lowest BCUT2D eigenvalue weighted by Crippen LogP contribution is -2.42. The average molecular weight is 310 g/mol. The summed E-state index contributed by atoms with van der Waals surface area (Å²) in [5, 5.41) is 3.14. The minimum absolute atomic E-state index is 0.113. The van der Waals surface area contributed by atoms with Gasteiger partial charge in [0.05, 0.1) is 18.7 Å². The molecule has 1 fully saturated rings. The number of halogens is 1. The van der Waals surface area contributed by atoms with Crippen LogP contribution in [0.15, 0.2) is 6.33 Å². The molecule has 1 saturated heterocycles. The first-order valence-electron chi connectivity index (χ1n) is 7.68. The molecule has 1 N–H and O–H groups in total. The standard InChI is InChI=1S/C15H23FN4O2/c1-3-12-14(16)15(18-10-17-12)19-11-4-7-20(8-5-11)13(21)6-9-22-2/h10-11H,3-9H2,1-2H3,(H,17,18,19). The van der Waals surface area contributed by atoms with Gasteiger partial charge in [0.25, 0.3) is 0 Å². The van der Waals surface area contributed by atoms with Gasteiger partial charge in [0.1, 0.15) is 6.33 Å². The number of amides is 1. The molecular formula is C15H23FN4O2. The molecule has 0 aromatic carbocycles. The maximum Gasteiger partial charge on any atom is 0.224 e. The van der Waals surface area contributed by atoms with Gasteiger partial charge >= 0.3 is 0 Å². The molecule has 7 heteroatoms. The Hall–Kier alpha value is -1.76. The number of likely N-dealkylation sites (tertiary alicyclic amines) is 1. The highest BCUT2D eigenvalue weighted by atomic mass is 19.1. The van der Waals surface area contributed by atoms with E-state index in [1.807, 2.05) is 11.8 Å². The van der Waals surface area contributed by atoms with Crippen LogP contribution in [0, 0.1) is 5.82 Å². The Balaban J connectivity index is 1.86. The van der Waals surface area contributed by atoms with Crippen LogP contribution in [0.5, 0.6) is 0 Å². The van der Waals surface area contributed by atoms with Crippen LogP contribution in [0.4, 0.5) is 10.2 Å². The van der Waals surface area contributed by atoms with E-state index in [1.54, 1.807) is 7.11 Å². The first-order valence-corrected chi connectivity index (χ1v) is 7.68. The quantitative estimate of drug-likeness (QED) is 0.865. The summed E-state index contributed by atoms with van der Waals surface area (Å²) in [7, 11) is 1.59. The summed E-state index contributed by atoms with van der Waals surface area (Å²) < 4.78 is 19.0. The van der Waals surface area contributed by atoms with Crippen molar-refractivity contribution < 1.29 is 13.9 Å². The molecule has 2 heterocycles. The zero-order valence-corrected chi connectivity index (χ0v) is 13.1. The third-order valence-corrected chi connectivity index (χ3v) is 3.91. The van der Waals surface area contributed by atoms with Gasteiger partial charge in [-0.15, -0.1) is 0 Å². The van der Waals surface area contributed by atoms with Gasteiger partial charge < -0.3 is 15.0 Å². The number of hydrogen-bond donors (Lipinski definition) is 1. The van der Waals surface area contributed by atoms with Gasteiger partial charge in [0.2, 0.25) is 5.91 Å². The monoisotopic (exact) mass is 310 g/mol. The minimum Gasteiger partial charge on any atom is -0.384 e. The molecule has 0 saturated carbocycles. The number of aromatic nitrogens is 2. The fourth-order valence-electron chi connectivity index (χ4n) is 2.57. The van der Waals surface area contributed by atoms with Crippen LogP contribution in [-0.4, -0.2) is 53.6 Å². The number of methoxy groups -OCH3 is 1. The fourth-order valence-corrected chi connectivity index (χ4v) is 2.57.